The van der Waals surface area contributed by atoms with E-state index in [9.17, 15) is 9.59 Å². The highest BCUT2D eigenvalue weighted by Gasteiger charge is 2.23. The van der Waals surface area contributed by atoms with Crippen LogP contribution in [0.1, 0.15) is 37.8 Å². The Morgan fingerprint density at radius 3 is 2.36 bits per heavy atom. The zero-order valence-electron chi connectivity index (χ0n) is 17.1. The fourth-order valence-corrected chi connectivity index (χ4v) is 3.11. The van der Waals surface area contributed by atoms with Gasteiger partial charge in [-0.3, -0.25) is 9.59 Å². The Morgan fingerprint density at radius 1 is 1.18 bits per heavy atom. The molecule has 1 aliphatic rings. The van der Waals surface area contributed by atoms with Gasteiger partial charge in [0, 0.05) is 38.0 Å². The first-order valence-electron chi connectivity index (χ1n) is 9.42. The van der Waals surface area contributed by atoms with Gasteiger partial charge in [-0.25, -0.2) is 0 Å². The topological polar surface area (TPSA) is 93.9 Å². The number of halogens is 1. The highest BCUT2D eigenvalue weighted by atomic mass is 35.5. The van der Waals surface area contributed by atoms with E-state index in [1.54, 1.807) is 21.1 Å². The van der Waals surface area contributed by atoms with E-state index < -0.39 is 0 Å². The normalized spacial score (nSPS) is 15.0. The minimum Gasteiger partial charge on any atom is -0.493 e. The fourth-order valence-electron chi connectivity index (χ4n) is 3.11. The third-order valence-electron chi connectivity index (χ3n) is 5.14. The van der Waals surface area contributed by atoms with Crippen molar-refractivity contribution in [3.8, 4) is 11.5 Å². The van der Waals surface area contributed by atoms with Gasteiger partial charge in [0.15, 0.2) is 11.5 Å². The van der Waals surface area contributed by atoms with Gasteiger partial charge < -0.3 is 25.4 Å². The van der Waals surface area contributed by atoms with Gasteiger partial charge in [-0.2, -0.15) is 0 Å². The van der Waals surface area contributed by atoms with E-state index in [0.717, 1.165) is 12.0 Å². The van der Waals surface area contributed by atoms with Crippen LogP contribution in [-0.2, 0) is 22.6 Å². The van der Waals surface area contributed by atoms with Crippen LogP contribution in [0.25, 0.3) is 0 Å². The molecule has 0 bridgehead atoms. The maximum absolute atomic E-state index is 12.5. The molecule has 0 spiro atoms. The molecule has 0 saturated heterocycles. The van der Waals surface area contributed by atoms with Crippen molar-refractivity contribution in [3.63, 3.8) is 0 Å². The SMILES string of the molecule is COc1cc2c(cc1OC)CN(C(=O)CCCNC(=O)C(C)C(C)N)CC2.Cl. The number of carbonyl (C=O) groups excluding carboxylic acids is 2. The molecule has 0 fully saturated rings. The third-order valence-corrected chi connectivity index (χ3v) is 5.14. The van der Waals surface area contributed by atoms with E-state index in [4.69, 9.17) is 15.2 Å². The van der Waals surface area contributed by atoms with Crippen molar-refractivity contribution in [1.29, 1.82) is 0 Å². The number of methoxy groups -OCH3 is 2. The molecule has 1 aromatic carbocycles. The van der Waals surface area contributed by atoms with E-state index in [1.807, 2.05) is 24.0 Å². The number of nitrogens with zero attached hydrogens (tertiary/aromatic N) is 1. The predicted octanol–water partition coefficient (Wildman–Crippen LogP) is 1.89. The first-order valence-corrected chi connectivity index (χ1v) is 9.42. The number of nitrogens with two attached hydrogens (primary N) is 1. The van der Waals surface area contributed by atoms with E-state index in [-0.39, 0.29) is 36.2 Å². The first kappa shape index (κ1) is 24.0. The molecule has 2 unspecified atom stereocenters. The van der Waals surface area contributed by atoms with E-state index in [0.29, 0.717) is 44.0 Å². The minimum atomic E-state index is -0.230. The van der Waals surface area contributed by atoms with Crippen molar-refractivity contribution < 1.29 is 19.1 Å². The summed E-state index contributed by atoms with van der Waals surface area (Å²) in [6.07, 6.45) is 1.82. The number of carbonyl (C=O) groups is 2. The van der Waals surface area contributed by atoms with Crippen LogP contribution in [0.3, 0.4) is 0 Å². The number of ether oxygens (including phenoxy) is 2. The van der Waals surface area contributed by atoms with Crippen molar-refractivity contribution in [2.24, 2.45) is 11.7 Å². The molecule has 3 N–H and O–H groups in total. The van der Waals surface area contributed by atoms with Gasteiger partial charge >= 0.3 is 0 Å². The van der Waals surface area contributed by atoms with Gasteiger partial charge in [-0.05, 0) is 43.0 Å². The maximum Gasteiger partial charge on any atom is 0.224 e. The van der Waals surface area contributed by atoms with Gasteiger partial charge in [0.1, 0.15) is 0 Å². The quantitative estimate of drug-likeness (QED) is 0.635. The average molecular weight is 414 g/mol. The summed E-state index contributed by atoms with van der Waals surface area (Å²) in [5.41, 5.74) is 8.00. The summed E-state index contributed by atoms with van der Waals surface area (Å²) in [5, 5.41) is 2.85. The van der Waals surface area contributed by atoms with Crippen LogP contribution in [0, 0.1) is 5.92 Å². The van der Waals surface area contributed by atoms with Crippen molar-refractivity contribution in [2.75, 3.05) is 27.3 Å². The second-order valence-corrected chi connectivity index (χ2v) is 7.08. The lowest BCUT2D eigenvalue weighted by molar-refractivity contribution is -0.132. The summed E-state index contributed by atoms with van der Waals surface area (Å²) in [6.45, 7) is 5.36. The summed E-state index contributed by atoms with van der Waals surface area (Å²) in [7, 11) is 3.23. The number of rotatable bonds is 8. The van der Waals surface area contributed by atoms with Gasteiger partial charge in [0.05, 0.1) is 14.2 Å². The Hall–Kier alpha value is -1.99. The molecule has 1 aliphatic heterocycles. The Bertz CT molecular complexity index is 682. The Balaban J connectivity index is 0.00000392. The number of amides is 2. The molecule has 158 valence electrons. The number of nitrogens with one attached hydrogen (secondary N) is 1. The lowest BCUT2D eigenvalue weighted by Crippen LogP contribution is -2.39. The van der Waals surface area contributed by atoms with Gasteiger partial charge in [-0.15, -0.1) is 12.4 Å². The molecule has 2 atom stereocenters. The summed E-state index contributed by atoms with van der Waals surface area (Å²) < 4.78 is 10.7. The van der Waals surface area contributed by atoms with Crippen LogP contribution in [0.5, 0.6) is 11.5 Å². The molecule has 0 saturated carbocycles. The molecule has 1 aromatic rings. The Kier molecular flexibility index (Phi) is 9.55. The highest BCUT2D eigenvalue weighted by molar-refractivity contribution is 5.85. The van der Waals surface area contributed by atoms with Gasteiger partial charge in [0.2, 0.25) is 11.8 Å². The molecule has 8 heteroatoms. The predicted molar refractivity (Wildman–Crippen MR) is 111 cm³/mol. The molecular weight excluding hydrogens is 382 g/mol. The van der Waals surface area contributed by atoms with Crippen LogP contribution in [0.15, 0.2) is 12.1 Å². The van der Waals surface area contributed by atoms with Crippen LogP contribution in [0.4, 0.5) is 0 Å². The van der Waals surface area contributed by atoms with Crippen molar-refractivity contribution in [2.45, 2.75) is 45.7 Å². The van der Waals surface area contributed by atoms with E-state index >= 15 is 0 Å². The average Bonchev–Trinajstić information content (AvgIpc) is 2.68. The van der Waals surface area contributed by atoms with Crippen LogP contribution in [-0.4, -0.2) is 50.1 Å². The minimum absolute atomic E-state index is 0. The zero-order chi connectivity index (χ0) is 20.0. The second-order valence-electron chi connectivity index (χ2n) is 7.08. The lowest BCUT2D eigenvalue weighted by Gasteiger charge is -2.29. The standard InChI is InChI=1S/C20H31N3O4.ClH/c1-13(14(2)21)20(25)22-8-5-6-19(24)23-9-7-15-10-17(26-3)18(27-4)11-16(15)12-23;/h10-11,13-14H,5-9,12,21H2,1-4H3,(H,22,25);1H. The molecule has 7 nitrogen and oxygen atoms in total. The molecule has 0 aromatic heterocycles. The Labute approximate surface area is 173 Å². The van der Waals surface area contributed by atoms with Crippen LogP contribution < -0.4 is 20.5 Å². The third kappa shape index (κ3) is 6.01. The van der Waals surface area contributed by atoms with Gasteiger partial charge in [-0.1, -0.05) is 6.92 Å². The second kappa shape index (κ2) is 11.1. The van der Waals surface area contributed by atoms with Crippen molar-refractivity contribution in [1.82, 2.24) is 10.2 Å². The van der Waals surface area contributed by atoms with E-state index in [2.05, 4.69) is 5.32 Å². The van der Waals surface area contributed by atoms with E-state index in [1.165, 1.54) is 5.56 Å². The summed E-state index contributed by atoms with van der Waals surface area (Å²) in [6, 6.07) is 3.75. The highest BCUT2D eigenvalue weighted by Crippen LogP contribution is 2.33. The van der Waals surface area contributed by atoms with Crippen molar-refractivity contribution in [3.05, 3.63) is 23.3 Å². The Morgan fingerprint density at radius 2 is 1.79 bits per heavy atom. The molecule has 0 aliphatic carbocycles. The molecular formula is C20H32ClN3O4. The summed E-state index contributed by atoms with van der Waals surface area (Å²) >= 11 is 0. The molecule has 2 rings (SSSR count). The fraction of sp³-hybridized carbons (Fsp3) is 0.600. The molecule has 0 radical (unpaired) electrons. The van der Waals surface area contributed by atoms with Gasteiger partial charge in [0.25, 0.3) is 0 Å². The van der Waals surface area contributed by atoms with Crippen LogP contribution in [0.2, 0.25) is 0 Å². The van der Waals surface area contributed by atoms with Crippen molar-refractivity contribution >= 4 is 24.2 Å². The monoisotopic (exact) mass is 413 g/mol. The number of fused-ring (bicyclic) bond motifs is 1. The number of hydrogen-bond donors (Lipinski definition) is 2. The summed E-state index contributed by atoms with van der Waals surface area (Å²) in [4.78, 5) is 26.2. The molecule has 2 amide bonds. The molecule has 28 heavy (non-hydrogen) atoms. The number of hydrogen-bond acceptors (Lipinski definition) is 5. The largest absolute Gasteiger partial charge is 0.493 e. The first-order chi connectivity index (χ1) is 12.9. The summed E-state index contributed by atoms with van der Waals surface area (Å²) in [5.74, 6) is 1.20. The molecule has 1 heterocycles. The van der Waals surface area contributed by atoms with Crippen LogP contribution >= 0.6 is 12.4 Å². The maximum atomic E-state index is 12.5. The number of benzene rings is 1. The smallest absolute Gasteiger partial charge is 0.224 e. The lowest BCUT2D eigenvalue weighted by atomic mass is 9.98. The zero-order valence-corrected chi connectivity index (χ0v) is 17.9.